The SMILES string of the molecule is C=CCc1cc(OC)c(OC(C)C(OCCCCCC)c2ccc(O)c(OC)c2)c(OC)c1. The van der Waals surface area contributed by atoms with Gasteiger partial charge in [-0.05, 0) is 55.2 Å². The molecule has 0 bridgehead atoms. The van der Waals surface area contributed by atoms with Crippen LogP contribution in [0.25, 0.3) is 0 Å². The lowest BCUT2D eigenvalue weighted by atomic mass is 10.0. The van der Waals surface area contributed by atoms with Gasteiger partial charge in [0.05, 0.1) is 21.3 Å². The third-order valence-electron chi connectivity index (χ3n) is 5.46. The van der Waals surface area contributed by atoms with E-state index in [2.05, 4.69) is 13.5 Å². The number of unbranched alkanes of at least 4 members (excludes halogenated alkanes) is 3. The first-order chi connectivity index (χ1) is 16.0. The Bertz CT molecular complexity index is 854. The van der Waals surface area contributed by atoms with Gasteiger partial charge >= 0.3 is 0 Å². The van der Waals surface area contributed by atoms with Crippen LogP contribution < -0.4 is 18.9 Å². The molecule has 33 heavy (non-hydrogen) atoms. The Morgan fingerprint density at radius 3 is 2.18 bits per heavy atom. The largest absolute Gasteiger partial charge is 0.504 e. The Labute approximate surface area is 198 Å². The topological polar surface area (TPSA) is 66.4 Å². The summed E-state index contributed by atoms with van der Waals surface area (Å²) in [6.07, 6.45) is 6.19. The van der Waals surface area contributed by atoms with Gasteiger partial charge in [-0.15, -0.1) is 6.58 Å². The van der Waals surface area contributed by atoms with E-state index in [4.69, 9.17) is 23.7 Å². The molecule has 0 spiro atoms. The van der Waals surface area contributed by atoms with Crippen molar-refractivity contribution in [3.63, 3.8) is 0 Å². The molecule has 6 nitrogen and oxygen atoms in total. The summed E-state index contributed by atoms with van der Waals surface area (Å²) < 4.78 is 29.2. The quantitative estimate of drug-likeness (QED) is 0.251. The normalized spacial score (nSPS) is 12.6. The molecule has 0 aliphatic rings. The molecule has 0 aliphatic carbocycles. The third-order valence-corrected chi connectivity index (χ3v) is 5.46. The molecule has 182 valence electrons. The Hall–Kier alpha value is -2.86. The van der Waals surface area contributed by atoms with E-state index in [0.717, 1.165) is 24.0 Å². The number of aromatic hydroxyl groups is 1. The van der Waals surface area contributed by atoms with Gasteiger partial charge in [0.2, 0.25) is 5.75 Å². The van der Waals surface area contributed by atoms with Gasteiger partial charge in [0, 0.05) is 6.61 Å². The summed E-state index contributed by atoms with van der Waals surface area (Å²) in [6.45, 7) is 8.54. The molecule has 6 heteroatoms. The Morgan fingerprint density at radius 2 is 1.61 bits per heavy atom. The number of phenols is 1. The average Bonchev–Trinajstić information content (AvgIpc) is 2.82. The van der Waals surface area contributed by atoms with Crippen LogP contribution in [0.15, 0.2) is 43.0 Å². The van der Waals surface area contributed by atoms with E-state index in [1.54, 1.807) is 26.4 Å². The summed E-state index contributed by atoms with van der Waals surface area (Å²) in [5, 5.41) is 10.0. The van der Waals surface area contributed by atoms with Gasteiger partial charge in [-0.3, -0.25) is 0 Å². The number of benzene rings is 2. The molecule has 0 fully saturated rings. The number of hydrogen-bond acceptors (Lipinski definition) is 6. The van der Waals surface area contributed by atoms with E-state index in [1.807, 2.05) is 31.2 Å². The van der Waals surface area contributed by atoms with E-state index in [9.17, 15) is 5.11 Å². The molecule has 0 saturated carbocycles. The molecular formula is C27H38O6. The van der Waals surface area contributed by atoms with Crippen LogP contribution in [0.3, 0.4) is 0 Å². The minimum Gasteiger partial charge on any atom is -0.504 e. The zero-order valence-electron chi connectivity index (χ0n) is 20.6. The second-order valence-corrected chi connectivity index (χ2v) is 7.93. The molecule has 0 heterocycles. The second kappa shape index (κ2) is 13.6. The molecule has 1 N–H and O–H groups in total. The van der Waals surface area contributed by atoms with Crippen LogP contribution in [-0.4, -0.2) is 39.1 Å². The number of rotatable bonds is 15. The summed E-state index contributed by atoms with van der Waals surface area (Å²) in [5.74, 6) is 2.16. The van der Waals surface area contributed by atoms with Gasteiger partial charge in [-0.1, -0.05) is 38.3 Å². The van der Waals surface area contributed by atoms with Crippen LogP contribution in [-0.2, 0) is 11.2 Å². The summed E-state index contributed by atoms with van der Waals surface area (Å²) in [7, 11) is 4.74. The first-order valence-electron chi connectivity index (χ1n) is 11.5. The van der Waals surface area contributed by atoms with Crippen molar-refractivity contribution >= 4 is 0 Å². The van der Waals surface area contributed by atoms with Gasteiger partial charge in [-0.25, -0.2) is 0 Å². The second-order valence-electron chi connectivity index (χ2n) is 7.93. The van der Waals surface area contributed by atoms with Crippen LogP contribution in [0.4, 0.5) is 0 Å². The van der Waals surface area contributed by atoms with E-state index in [0.29, 0.717) is 36.0 Å². The standard InChI is InChI=1S/C27H38O6/c1-7-9-10-11-15-32-26(21-13-14-22(28)23(18-21)29-4)19(3)33-27-24(30-5)16-20(12-8-2)17-25(27)31-6/h8,13-14,16-19,26,28H,2,7,9-12,15H2,1,3-6H3. The molecule has 0 saturated heterocycles. The lowest BCUT2D eigenvalue weighted by Gasteiger charge is -2.27. The van der Waals surface area contributed by atoms with Crippen LogP contribution >= 0.6 is 0 Å². The minimum absolute atomic E-state index is 0.0812. The highest BCUT2D eigenvalue weighted by molar-refractivity contribution is 5.54. The van der Waals surface area contributed by atoms with Gasteiger partial charge in [-0.2, -0.15) is 0 Å². The maximum absolute atomic E-state index is 10.0. The van der Waals surface area contributed by atoms with Crippen molar-refractivity contribution < 1.29 is 28.8 Å². The predicted molar refractivity (Wildman–Crippen MR) is 131 cm³/mol. The Balaban J connectivity index is 2.34. The van der Waals surface area contributed by atoms with E-state index < -0.39 is 0 Å². The highest BCUT2D eigenvalue weighted by Crippen LogP contribution is 2.41. The molecule has 2 unspecified atom stereocenters. The van der Waals surface area contributed by atoms with Gasteiger partial charge in [0.15, 0.2) is 23.0 Å². The maximum atomic E-state index is 10.0. The van der Waals surface area contributed by atoms with Gasteiger partial charge < -0.3 is 28.8 Å². The number of phenolic OH excluding ortho intramolecular Hbond substituents is 1. The van der Waals surface area contributed by atoms with Crippen molar-refractivity contribution in [2.75, 3.05) is 27.9 Å². The van der Waals surface area contributed by atoms with Crippen molar-refractivity contribution in [2.24, 2.45) is 0 Å². The molecule has 2 aromatic rings. The lowest BCUT2D eigenvalue weighted by Crippen LogP contribution is -2.25. The minimum atomic E-state index is -0.386. The van der Waals surface area contributed by atoms with Gasteiger partial charge in [0.1, 0.15) is 12.2 Å². The fourth-order valence-corrected chi connectivity index (χ4v) is 3.70. The molecule has 2 rings (SSSR count). The van der Waals surface area contributed by atoms with Crippen molar-refractivity contribution in [2.45, 2.75) is 58.2 Å². The van der Waals surface area contributed by atoms with Crippen LogP contribution in [0, 0.1) is 0 Å². The highest BCUT2D eigenvalue weighted by atomic mass is 16.6. The molecule has 0 aromatic heterocycles. The lowest BCUT2D eigenvalue weighted by molar-refractivity contribution is -0.0234. The number of methoxy groups -OCH3 is 3. The number of ether oxygens (including phenoxy) is 5. The summed E-state index contributed by atoms with van der Waals surface area (Å²) >= 11 is 0. The molecule has 2 aromatic carbocycles. The summed E-state index contributed by atoms with van der Waals surface area (Å²) in [5.41, 5.74) is 1.87. The zero-order valence-corrected chi connectivity index (χ0v) is 20.6. The fraction of sp³-hybridized carbons (Fsp3) is 0.481. The summed E-state index contributed by atoms with van der Waals surface area (Å²) in [6, 6.07) is 9.08. The molecule has 0 amide bonds. The van der Waals surface area contributed by atoms with Crippen molar-refractivity contribution in [1.82, 2.24) is 0 Å². The average molecular weight is 459 g/mol. The number of hydrogen-bond donors (Lipinski definition) is 1. The third kappa shape index (κ3) is 7.32. The van der Waals surface area contributed by atoms with Crippen LogP contribution in [0.5, 0.6) is 28.7 Å². The maximum Gasteiger partial charge on any atom is 0.203 e. The van der Waals surface area contributed by atoms with E-state index in [1.165, 1.54) is 20.0 Å². The molecule has 0 radical (unpaired) electrons. The smallest absolute Gasteiger partial charge is 0.203 e. The van der Waals surface area contributed by atoms with Crippen molar-refractivity contribution in [3.8, 4) is 28.7 Å². The van der Waals surface area contributed by atoms with E-state index >= 15 is 0 Å². The van der Waals surface area contributed by atoms with Crippen LogP contribution in [0.2, 0.25) is 0 Å². The van der Waals surface area contributed by atoms with E-state index in [-0.39, 0.29) is 18.0 Å². The van der Waals surface area contributed by atoms with Gasteiger partial charge in [0.25, 0.3) is 0 Å². The first-order valence-corrected chi connectivity index (χ1v) is 11.5. The number of allylic oxidation sites excluding steroid dienone is 1. The van der Waals surface area contributed by atoms with Crippen molar-refractivity contribution in [3.05, 3.63) is 54.1 Å². The predicted octanol–water partition coefficient (Wildman–Crippen LogP) is 6.25. The fourth-order valence-electron chi connectivity index (χ4n) is 3.70. The first kappa shape index (κ1) is 26.4. The molecule has 2 atom stereocenters. The Morgan fingerprint density at radius 1 is 0.939 bits per heavy atom. The molecular weight excluding hydrogens is 420 g/mol. The van der Waals surface area contributed by atoms with Crippen molar-refractivity contribution in [1.29, 1.82) is 0 Å². The monoisotopic (exact) mass is 458 g/mol. The molecule has 0 aliphatic heterocycles. The summed E-state index contributed by atoms with van der Waals surface area (Å²) in [4.78, 5) is 0. The van der Waals surface area contributed by atoms with Crippen LogP contribution in [0.1, 0.15) is 56.8 Å². The zero-order chi connectivity index (χ0) is 24.2. The Kier molecular flexibility index (Phi) is 10.9. The highest BCUT2D eigenvalue weighted by Gasteiger charge is 2.26.